The maximum absolute atomic E-state index is 14.1. The minimum absolute atomic E-state index is 0.0132. The maximum Gasteiger partial charge on any atom is 0.235 e. The molecule has 5 nitrogen and oxygen atoms in total. The van der Waals surface area contributed by atoms with Gasteiger partial charge in [0.1, 0.15) is 11.6 Å². The highest BCUT2D eigenvalue weighted by atomic mass is 19.1. The van der Waals surface area contributed by atoms with E-state index in [9.17, 15) is 14.0 Å². The summed E-state index contributed by atoms with van der Waals surface area (Å²) >= 11 is 0. The number of hydrogen-bond donors (Lipinski definition) is 1. The lowest BCUT2D eigenvalue weighted by atomic mass is 9.70. The lowest BCUT2D eigenvalue weighted by Crippen LogP contribution is -2.40. The number of aliphatic imine (C=N–C) groups is 1. The van der Waals surface area contributed by atoms with Gasteiger partial charge in [0.15, 0.2) is 5.78 Å². The van der Waals surface area contributed by atoms with E-state index in [0.29, 0.717) is 35.5 Å². The molecule has 4 rings (SSSR count). The van der Waals surface area contributed by atoms with Crippen molar-refractivity contribution in [3.63, 3.8) is 0 Å². The third-order valence-corrected chi connectivity index (χ3v) is 5.72. The van der Waals surface area contributed by atoms with Gasteiger partial charge in [-0.05, 0) is 56.0 Å². The van der Waals surface area contributed by atoms with Crippen LogP contribution in [0.2, 0.25) is 0 Å². The number of Topliss-reactive ketones (excluding diaryl/α,β-unsaturated/α-hetero) is 1. The minimum atomic E-state index is -0.717. The van der Waals surface area contributed by atoms with Crippen molar-refractivity contribution < 1.29 is 14.0 Å². The summed E-state index contributed by atoms with van der Waals surface area (Å²) in [7, 11) is 0. The average Bonchev–Trinajstić information content (AvgIpc) is 2.66. The Morgan fingerprint density at radius 1 is 1.13 bits per heavy atom. The van der Waals surface area contributed by atoms with Crippen molar-refractivity contribution in [1.82, 2.24) is 4.98 Å². The molecule has 0 radical (unpaired) electrons. The van der Waals surface area contributed by atoms with E-state index in [1.54, 1.807) is 25.1 Å². The fourth-order valence-corrected chi connectivity index (χ4v) is 4.47. The van der Waals surface area contributed by atoms with Crippen LogP contribution in [-0.2, 0) is 9.59 Å². The van der Waals surface area contributed by atoms with Gasteiger partial charge < -0.3 is 5.32 Å². The Morgan fingerprint density at radius 2 is 1.90 bits per heavy atom. The average molecular weight is 405 g/mol. The van der Waals surface area contributed by atoms with Crippen LogP contribution in [0.25, 0.3) is 0 Å². The molecule has 2 heterocycles. The van der Waals surface area contributed by atoms with E-state index >= 15 is 0 Å². The molecule has 30 heavy (non-hydrogen) atoms. The van der Waals surface area contributed by atoms with Crippen molar-refractivity contribution in [2.75, 3.05) is 5.32 Å². The fraction of sp³-hybridized carbons (Fsp3) is 0.333. The second-order valence-corrected chi connectivity index (χ2v) is 8.21. The molecule has 0 saturated carbocycles. The van der Waals surface area contributed by atoms with Crippen LogP contribution in [0.15, 0.2) is 58.7 Å². The predicted octanol–water partition coefficient (Wildman–Crippen LogP) is 4.60. The molecule has 2 aliphatic rings. The first-order valence-electron chi connectivity index (χ1n) is 10.1. The number of ketones is 1. The van der Waals surface area contributed by atoms with Crippen molar-refractivity contribution in [2.24, 2.45) is 16.8 Å². The first kappa shape index (κ1) is 20.1. The maximum atomic E-state index is 14.1. The zero-order chi connectivity index (χ0) is 21.4. The van der Waals surface area contributed by atoms with Crippen LogP contribution in [0, 0.1) is 24.6 Å². The Kier molecular flexibility index (Phi) is 5.33. The van der Waals surface area contributed by atoms with Gasteiger partial charge in [0, 0.05) is 35.0 Å². The van der Waals surface area contributed by atoms with Crippen LogP contribution in [0.3, 0.4) is 0 Å². The van der Waals surface area contributed by atoms with Gasteiger partial charge in [-0.1, -0.05) is 25.1 Å². The Labute approximate surface area is 175 Å². The zero-order valence-electron chi connectivity index (χ0n) is 17.3. The summed E-state index contributed by atoms with van der Waals surface area (Å²) in [5.74, 6) is -1.37. The van der Waals surface area contributed by atoms with Crippen molar-refractivity contribution in [2.45, 2.75) is 39.5 Å². The number of hydrogen-bond acceptors (Lipinski definition) is 4. The number of anilines is 1. The number of rotatable bonds is 3. The third kappa shape index (κ3) is 3.82. The minimum Gasteiger partial charge on any atom is -0.310 e. The van der Waals surface area contributed by atoms with Crippen LogP contribution < -0.4 is 5.32 Å². The standard InChI is InChI=1S/C24H24FN3O2/c1-13-10-18-23(19(29)11-13)22(16-7-5-8-17(25)12-16)21(15(3)27-18)24(30)28-20-9-4-6-14(2)26-20/h4-9,12-13,21-22H,10-11H2,1-3H3,(H,26,28,30)/t13-,21?,22+/m1/s1. The smallest absolute Gasteiger partial charge is 0.235 e. The highest BCUT2D eigenvalue weighted by Gasteiger charge is 2.43. The molecule has 6 heteroatoms. The van der Waals surface area contributed by atoms with Gasteiger partial charge in [-0.15, -0.1) is 0 Å². The van der Waals surface area contributed by atoms with Crippen molar-refractivity contribution in [3.8, 4) is 0 Å². The molecule has 154 valence electrons. The van der Waals surface area contributed by atoms with E-state index in [0.717, 1.165) is 11.4 Å². The molecule has 1 aromatic carbocycles. The topological polar surface area (TPSA) is 71.4 Å². The number of aromatic nitrogens is 1. The van der Waals surface area contributed by atoms with Crippen LogP contribution in [-0.4, -0.2) is 22.4 Å². The Morgan fingerprint density at radius 3 is 2.63 bits per heavy atom. The number of aryl methyl sites for hydroxylation is 1. The summed E-state index contributed by atoms with van der Waals surface area (Å²) in [5.41, 5.74) is 3.28. The van der Waals surface area contributed by atoms with Gasteiger partial charge in [-0.3, -0.25) is 14.6 Å². The number of allylic oxidation sites excluding steroid dienone is 2. The Balaban J connectivity index is 1.79. The molecule has 1 aliphatic carbocycles. The van der Waals surface area contributed by atoms with Gasteiger partial charge in [0.05, 0.1) is 5.92 Å². The van der Waals surface area contributed by atoms with Gasteiger partial charge in [0.25, 0.3) is 0 Å². The van der Waals surface area contributed by atoms with Gasteiger partial charge in [0.2, 0.25) is 5.91 Å². The van der Waals surface area contributed by atoms with Gasteiger partial charge >= 0.3 is 0 Å². The third-order valence-electron chi connectivity index (χ3n) is 5.72. The van der Waals surface area contributed by atoms with E-state index in [1.807, 2.05) is 26.0 Å². The second-order valence-electron chi connectivity index (χ2n) is 8.21. The van der Waals surface area contributed by atoms with Crippen LogP contribution in [0.4, 0.5) is 10.2 Å². The summed E-state index contributed by atoms with van der Waals surface area (Å²) in [6.07, 6.45) is 1.09. The summed E-state index contributed by atoms with van der Waals surface area (Å²) in [4.78, 5) is 35.4. The number of pyridine rings is 1. The molecule has 1 aromatic heterocycles. The quantitative estimate of drug-likeness (QED) is 0.812. The first-order chi connectivity index (χ1) is 14.3. The molecule has 0 fully saturated rings. The number of halogens is 1. The molecule has 1 N–H and O–H groups in total. The first-order valence-corrected chi connectivity index (χ1v) is 10.1. The molecule has 2 aromatic rings. The number of benzene rings is 1. The lowest BCUT2D eigenvalue weighted by molar-refractivity contribution is -0.119. The van der Waals surface area contributed by atoms with E-state index in [1.165, 1.54) is 12.1 Å². The zero-order valence-corrected chi connectivity index (χ0v) is 17.3. The lowest BCUT2D eigenvalue weighted by Gasteiger charge is -2.36. The monoisotopic (exact) mass is 405 g/mol. The van der Waals surface area contributed by atoms with Gasteiger partial charge in [-0.25, -0.2) is 9.37 Å². The summed E-state index contributed by atoms with van der Waals surface area (Å²) in [6, 6.07) is 11.5. The van der Waals surface area contributed by atoms with Crippen LogP contribution in [0.1, 0.15) is 43.9 Å². The number of nitrogens with one attached hydrogen (secondary N) is 1. The SMILES string of the molecule is CC1=NC2=C(C(=O)C[C@H](C)C2)[C@@H](c2cccc(F)c2)C1C(=O)Nc1cccc(C)n1. The Hall–Kier alpha value is -3.15. The molecule has 3 atom stereocenters. The number of carbonyl (C=O) groups excluding carboxylic acids is 2. The summed E-state index contributed by atoms with van der Waals surface area (Å²) in [6.45, 7) is 5.66. The molecule has 0 bridgehead atoms. The van der Waals surface area contributed by atoms with E-state index in [2.05, 4.69) is 15.3 Å². The van der Waals surface area contributed by atoms with E-state index < -0.39 is 17.7 Å². The molecular formula is C24H24FN3O2. The van der Waals surface area contributed by atoms with Crippen LogP contribution in [0.5, 0.6) is 0 Å². The number of nitrogens with zero attached hydrogens (tertiary/aromatic N) is 2. The van der Waals surface area contributed by atoms with Crippen molar-refractivity contribution in [1.29, 1.82) is 0 Å². The number of amides is 1. The molecule has 0 saturated heterocycles. The van der Waals surface area contributed by atoms with Gasteiger partial charge in [-0.2, -0.15) is 0 Å². The summed E-state index contributed by atoms with van der Waals surface area (Å²) < 4.78 is 14.1. The van der Waals surface area contributed by atoms with E-state index in [-0.39, 0.29) is 17.6 Å². The molecule has 1 amide bonds. The Bertz CT molecular complexity index is 1090. The highest BCUT2D eigenvalue weighted by Crippen LogP contribution is 2.44. The van der Waals surface area contributed by atoms with E-state index in [4.69, 9.17) is 0 Å². The van der Waals surface area contributed by atoms with Crippen molar-refractivity contribution in [3.05, 3.63) is 70.8 Å². The predicted molar refractivity (Wildman–Crippen MR) is 114 cm³/mol. The second kappa shape index (κ2) is 7.94. The molecule has 1 unspecified atom stereocenters. The fourth-order valence-electron chi connectivity index (χ4n) is 4.47. The van der Waals surface area contributed by atoms with Crippen molar-refractivity contribution >= 4 is 23.2 Å². The van der Waals surface area contributed by atoms with Crippen LogP contribution >= 0.6 is 0 Å². The normalized spacial score (nSPS) is 23.7. The molecule has 0 spiro atoms. The largest absolute Gasteiger partial charge is 0.310 e. The molecular weight excluding hydrogens is 381 g/mol. The molecule has 1 aliphatic heterocycles. The summed E-state index contributed by atoms with van der Waals surface area (Å²) in [5, 5.41) is 2.86. The number of carbonyl (C=O) groups is 2. The highest BCUT2D eigenvalue weighted by molar-refractivity contribution is 6.13.